The van der Waals surface area contributed by atoms with E-state index in [1.807, 2.05) is 0 Å². The van der Waals surface area contributed by atoms with Crippen molar-refractivity contribution in [3.63, 3.8) is 0 Å². The Morgan fingerprint density at radius 2 is 2.13 bits per heavy atom. The standard InChI is InChI=1S/C18H21F3N4O5S/c1-10-23-16(25-30-10)17(2,9-31(27)28)24-15(26)13-6-14(29-8-18(19,20)21)12(7-22-13)11-4-3-5-11/h6-7,11H,3-5,8-9H2,1-2H3,(H,24,26)(H,27,28). The second kappa shape index (κ2) is 8.91. The molecule has 0 saturated heterocycles. The van der Waals surface area contributed by atoms with Crippen molar-refractivity contribution in [2.75, 3.05) is 12.4 Å². The topological polar surface area (TPSA) is 127 Å². The first-order chi connectivity index (χ1) is 14.5. The molecule has 2 heterocycles. The number of pyridine rings is 1. The average Bonchev–Trinajstić information content (AvgIpc) is 3.05. The van der Waals surface area contributed by atoms with Crippen LogP contribution >= 0.6 is 0 Å². The monoisotopic (exact) mass is 462 g/mol. The second-order valence-electron chi connectivity index (χ2n) is 7.53. The average molecular weight is 462 g/mol. The molecule has 0 spiro atoms. The normalized spacial score (nSPS) is 17.5. The van der Waals surface area contributed by atoms with E-state index in [1.54, 1.807) is 0 Å². The molecule has 0 aliphatic heterocycles. The lowest BCUT2D eigenvalue weighted by Crippen LogP contribution is -2.48. The van der Waals surface area contributed by atoms with Gasteiger partial charge in [-0.1, -0.05) is 11.6 Å². The third-order valence-electron chi connectivity index (χ3n) is 4.89. The van der Waals surface area contributed by atoms with Crippen molar-refractivity contribution < 1.29 is 36.0 Å². The number of carbonyl (C=O) groups excluding carboxylic acids is 1. The van der Waals surface area contributed by atoms with Crippen molar-refractivity contribution in [2.45, 2.75) is 50.7 Å². The van der Waals surface area contributed by atoms with Crippen LogP contribution < -0.4 is 10.1 Å². The molecule has 1 aliphatic rings. The van der Waals surface area contributed by atoms with Crippen LogP contribution in [0.25, 0.3) is 0 Å². The summed E-state index contributed by atoms with van der Waals surface area (Å²) in [4.78, 5) is 20.9. The predicted octanol–water partition coefficient (Wildman–Crippen LogP) is 2.85. The number of alkyl halides is 3. The minimum atomic E-state index is -4.54. The van der Waals surface area contributed by atoms with Crippen molar-refractivity contribution in [1.82, 2.24) is 20.4 Å². The van der Waals surface area contributed by atoms with E-state index < -0.39 is 41.1 Å². The molecule has 3 rings (SSSR count). The SMILES string of the molecule is Cc1nc(C(C)(CS(=O)O)NC(=O)c2cc(OCC(F)(F)F)c(C3CCC3)cn2)no1. The molecule has 13 heteroatoms. The van der Waals surface area contributed by atoms with Gasteiger partial charge >= 0.3 is 6.18 Å². The lowest BCUT2D eigenvalue weighted by Gasteiger charge is -2.28. The number of halogens is 3. The third-order valence-corrected chi connectivity index (χ3v) is 5.71. The molecule has 2 N–H and O–H groups in total. The van der Waals surface area contributed by atoms with E-state index >= 15 is 0 Å². The Morgan fingerprint density at radius 1 is 1.42 bits per heavy atom. The van der Waals surface area contributed by atoms with Crippen molar-refractivity contribution in [2.24, 2.45) is 0 Å². The smallest absolute Gasteiger partial charge is 0.422 e. The van der Waals surface area contributed by atoms with Crippen molar-refractivity contribution in [3.8, 4) is 5.75 Å². The van der Waals surface area contributed by atoms with Crippen molar-refractivity contribution in [1.29, 1.82) is 0 Å². The van der Waals surface area contributed by atoms with Gasteiger partial charge in [-0.3, -0.25) is 9.78 Å². The summed E-state index contributed by atoms with van der Waals surface area (Å²) in [6.45, 7) is 1.44. The number of aromatic nitrogens is 3. The second-order valence-corrected chi connectivity index (χ2v) is 8.46. The van der Waals surface area contributed by atoms with Gasteiger partial charge in [0.1, 0.15) is 17.0 Å². The quantitative estimate of drug-likeness (QED) is 0.574. The third kappa shape index (κ3) is 5.79. The van der Waals surface area contributed by atoms with Gasteiger partial charge < -0.3 is 19.1 Å². The van der Waals surface area contributed by atoms with Crippen LogP contribution in [0.15, 0.2) is 16.8 Å². The molecular weight excluding hydrogens is 441 g/mol. The molecule has 2 atom stereocenters. The molecule has 170 valence electrons. The minimum absolute atomic E-state index is 0.0252. The fourth-order valence-corrected chi connectivity index (χ4v) is 3.82. The molecular formula is C18H21F3N4O5S. The maximum Gasteiger partial charge on any atom is 0.422 e. The molecule has 0 radical (unpaired) electrons. The van der Waals surface area contributed by atoms with Crippen LogP contribution in [0.4, 0.5) is 13.2 Å². The van der Waals surface area contributed by atoms with Crippen LogP contribution in [0.2, 0.25) is 0 Å². The predicted molar refractivity (Wildman–Crippen MR) is 102 cm³/mol. The van der Waals surface area contributed by atoms with E-state index in [0.717, 1.165) is 25.3 Å². The highest BCUT2D eigenvalue weighted by atomic mass is 32.2. The summed E-state index contributed by atoms with van der Waals surface area (Å²) in [5, 5.41) is 6.23. The van der Waals surface area contributed by atoms with Gasteiger partial charge in [0.2, 0.25) is 5.89 Å². The number of carbonyl (C=O) groups is 1. The maximum absolute atomic E-state index is 12.8. The summed E-state index contributed by atoms with van der Waals surface area (Å²) in [7, 11) is 0. The van der Waals surface area contributed by atoms with Crippen LogP contribution in [0, 0.1) is 6.92 Å². The number of nitrogens with one attached hydrogen (secondary N) is 1. The lowest BCUT2D eigenvalue weighted by molar-refractivity contribution is -0.153. The van der Waals surface area contributed by atoms with Gasteiger partial charge in [0.05, 0.1) is 5.75 Å². The zero-order valence-corrected chi connectivity index (χ0v) is 17.5. The van der Waals surface area contributed by atoms with Gasteiger partial charge in [0.25, 0.3) is 5.91 Å². The number of rotatable bonds is 8. The first kappa shape index (κ1) is 23.1. The summed E-state index contributed by atoms with van der Waals surface area (Å²) in [5.74, 6) is -1.13. The van der Waals surface area contributed by atoms with E-state index in [1.165, 1.54) is 20.0 Å². The molecule has 1 fully saturated rings. The Morgan fingerprint density at radius 3 is 2.65 bits per heavy atom. The Bertz CT molecular complexity index is 979. The molecule has 1 amide bonds. The van der Waals surface area contributed by atoms with Crippen LogP contribution in [-0.2, 0) is 16.6 Å². The lowest BCUT2D eigenvalue weighted by atomic mass is 9.80. The molecule has 1 aliphatic carbocycles. The van der Waals surface area contributed by atoms with Crippen molar-refractivity contribution in [3.05, 3.63) is 35.2 Å². The molecule has 0 bridgehead atoms. The Balaban J connectivity index is 1.87. The van der Waals surface area contributed by atoms with Crippen LogP contribution in [0.3, 0.4) is 0 Å². The van der Waals surface area contributed by atoms with E-state index in [-0.39, 0.29) is 29.1 Å². The van der Waals surface area contributed by atoms with Gasteiger partial charge in [-0.05, 0) is 25.7 Å². The zero-order valence-electron chi connectivity index (χ0n) is 16.7. The van der Waals surface area contributed by atoms with Crippen LogP contribution in [0.1, 0.15) is 59.9 Å². The Hall–Kier alpha value is -2.54. The number of amides is 1. The van der Waals surface area contributed by atoms with Gasteiger partial charge in [0, 0.05) is 24.8 Å². The Labute approximate surface area is 178 Å². The van der Waals surface area contributed by atoms with Crippen LogP contribution in [-0.4, -0.2) is 48.3 Å². The number of hydrogen-bond donors (Lipinski definition) is 2. The molecule has 2 aromatic rings. The number of ether oxygens (including phenoxy) is 1. The molecule has 0 aromatic carbocycles. The largest absolute Gasteiger partial charge is 0.484 e. The number of nitrogens with zero attached hydrogens (tertiary/aromatic N) is 3. The molecule has 1 saturated carbocycles. The van der Waals surface area contributed by atoms with E-state index in [9.17, 15) is 26.7 Å². The summed E-state index contributed by atoms with van der Waals surface area (Å²) >= 11 is -2.33. The molecule has 9 nitrogen and oxygen atoms in total. The maximum atomic E-state index is 12.8. The molecule has 2 aromatic heterocycles. The number of aryl methyl sites for hydroxylation is 1. The van der Waals surface area contributed by atoms with Crippen LogP contribution in [0.5, 0.6) is 5.75 Å². The first-order valence-electron chi connectivity index (χ1n) is 9.37. The highest BCUT2D eigenvalue weighted by molar-refractivity contribution is 7.79. The zero-order chi connectivity index (χ0) is 22.8. The minimum Gasteiger partial charge on any atom is -0.484 e. The molecule has 31 heavy (non-hydrogen) atoms. The van der Waals surface area contributed by atoms with Gasteiger partial charge in [-0.15, -0.1) is 0 Å². The highest BCUT2D eigenvalue weighted by Gasteiger charge is 2.37. The summed E-state index contributed by atoms with van der Waals surface area (Å²) in [6, 6.07) is 1.15. The fourth-order valence-electron chi connectivity index (χ4n) is 3.12. The first-order valence-corrected chi connectivity index (χ1v) is 10.6. The van der Waals surface area contributed by atoms with E-state index in [4.69, 9.17) is 9.26 Å². The molecule has 2 unspecified atom stereocenters. The highest BCUT2D eigenvalue weighted by Crippen LogP contribution is 2.41. The van der Waals surface area contributed by atoms with Crippen molar-refractivity contribution >= 4 is 17.0 Å². The summed E-state index contributed by atoms with van der Waals surface area (Å²) in [5.41, 5.74) is -1.19. The summed E-state index contributed by atoms with van der Waals surface area (Å²) < 4.78 is 68.6. The van der Waals surface area contributed by atoms with E-state index in [0.29, 0.717) is 5.56 Å². The van der Waals surface area contributed by atoms with E-state index in [2.05, 4.69) is 20.4 Å². The van der Waals surface area contributed by atoms with Gasteiger partial charge in [-0.2, -0.15) is 18.2 Å². The fraction of sp³-hybridized carbons (Fsp3) is 0.556. The van der Waals surface area contributed by atoms with Gasteiger partial charge in [0.15, 0.2) is 23.5 Å². The Kier molecular flexibility index (Phi) is 6.65. The van der Waals surface area contributed by atoms with Gasteiger partial charge in [-0.25, -0.2) is 4.21 Å². The summed E-state index contributed by atoms with van der Waals surface area (Å²) in [6.07, 6.45) is -0.653. The number of hydrogen-bond acceptors (Lipinski definition) is 7.